The molecule has 2 unspecified atom stereocenters. The van der Waals surface area contributed by atoms with Crippen molar-refractivity contribution in [2.24, 2.45) is 10.7 Å². The highest BCUT2D eigenvalue weighted by Gasteiger charge is 2.28. The van der Waals surface area contributed by atoms with Crippen molar-refractivity contribution < 1.29 is 19.0 Å². The Morgan fingerprint density at radius 1 is 1.71 bits per heavy atom. The van der Waals surface area contributed by atoms with Gasteiger partial charge in [0.05, 0.1) is 12.7 Å². The molecule has 0 aromatic rings. The van der Waals surface area contributed by atoms with E-state index in [-0.39, 0.29) is 18.5 Å². The van der Waals surface area contributed by atoms with E-state index in [0.29, 0.717) is 19.3 Å². The third-order valence-corrected chi connectivity index (χ3v) is 2.49. The van der Waals surface area contributed by atoms with Crippen LogP contribution in [0.15, 0.2) is 17.0 Å². The standard InChI is InChI=1S/C10H16FN3O3/c1-13-10(12)8(11)4-14(6-16)9-3-2-7(5-15)17-9/h4,6-7,9,15H,2-3,5H2,1H3,(H2,12,13)/b8-4+. The largest absolute Gasteiger partial charge is 0.394 e. The molecule has 0 aromatic heterocycles. The van der Waals surface area contributed by atoms with Gasteiger partial charge in [0, 0.05) is 13.2 Å². The molecule has 6 nitrogen and oxygen atoms in total. The molecule has 1 rings (SSSR count). The van der Waals surface area contributed by atoms with Gasteiger partial charge in [-0.3, -0.25) is 14.7 Å². The second-order valence-corrected chi connectivity index (χ2v) is 3.61. The van der Waals surface area contributed by atoms with Gasteiger partial charge < -0.3 is 15.6 Å². The van der Waals surface area contributed by atoms with Crippen molar-refractivity contribution in [2.75, 3.05) is 13.7 Å². The topological polar surface area (TPSA) is 88.2 Å². The normalized spacial score (nSPS) is 26.1. The summed E-state index contributed by atoms with van der Waals surface area (Å²) in [4.78, 5) is 15.3. The van der Waals surface area contributed by atoms with Crippen molar-refractivity contribution >= 4 is 12.2 Å². The second kappa shape index (κ2) is 6.31. The molecule has 0 spiro atoms. The summed E-state index contributed by atoms with van der Waals surface area (Å²) < 4.78 is 18.7. The Morgan fingerprint density at radius 3 is 2.88 bits per heavy atom. The third-order valence-electron chi connectivity index (χ3n) is 2.49. The number of carbonyl (C=O) groups excluding carboxylic acids is 1. The number of aliphatic hydroxyl groups excluding tert-OH is 1. The fourth-order valence-electron chi connectivity index (χ4n) is 1.53. The van der Waals surface area contributed by atoms with E-state index in [1.807, 2.05) is 0 Å². The Bertz CT molecular complexity index is 333. The fraction of sp³-hybridized carbons (Fsp3) is 0.600. The molecule has 0 aliphatic carbocycles. The summed E-state index contributed by atoms with van der Waals surface area (Å²) in [6.07, 6.45) is 1.68. The van der Waals surface area contributed by atoms with Gasteiger partial charge in [-0.15, -0.1) is 0 Å². The smallest absolute Gasteiger partial charge is 0.215 e. The van der Waals surface area contributed by atoms with Crippen LogP contribution in [-0.2, 0) is 9.53 Å². The molecule has 2 atom stereocenters. The number of amides is 1. The molecule has 0 saturated carbocycles. The number of hydrogen-bond acceptors (Lipinski definition) is 4. The van der Waals surface area contributed by atoms with Crippen molar-refractivity contribution in [2.45, 2.75) is 25.2 Å². The molecule has 1 fully saturated rings. The Morgan fingerprint density at radius 2 is 2.41 bits per heavy atom. The highest BCUT2D eigenvalue weighted by Crippen LogP contribution is 2.22. The lowest BCUT2D eigenvalue weighted by Gasteiger charge is -2.20. The van der Waals surface area contributed by atoms with Crippen LogP contribution >= 0.6 is 0 Å². The quantitative estimate of drug-likeness (QED) is 0.397. The Labute approximate surface area is 98.6 Å². The Balaban J connectivity index is 2.70. The summed E-state index contributed by atoms with van der Waals surface area (Å²) >= 11 is 0. The lowest BCUT2D eigenvalue weighted by Crippen LogP contribution is -2.31. The molecule has 1 amide bonds. The lowest BCUT2D eigenvalue weighted by atomic mass is 10.2. The van der Waals surface area contributed by atoms with E-state index >= 15 is 0 Å². The average molecular weight is 245 g/mol. The number of amidine groups is 1. The molecule has 7 heteroatoms. The van der Waals surface area contributed by atoms with E-state index < -0.39 is 12.1 Å². The van der Waals surface area contributed by atoms with Crippen LogP contribution in [0.1, 0.15) is 12.8 Å². The summed E-state index contributed by atoms with van der Waals surface area (Å²) in [5.41, 5.74) is 5.25. The number of nitrogens with zero attached hydrogens (tertiary/aromatic N) is 2. The number of hydrogen-bond donors (Lipinski definition) is 2. The molecule has 0 bridgehead atoms. The van der Waals surface area contributed by atoms with Crippen molar-refractivity contribution in [3.8, 4) is 0 Å². The van der Waals surface area contributed by atoms with E-state index in [4.69, 9.17) is 15.6 Å². The molecule has 1 aliphatic rings. The molecular weight excluding hydrogens is 229 g/mol. The van der Waals surface area contributed by atoms with Crippen LogP contribution in [0, 0.1) is 0 Å². The number of aliphatic hydroxyl groups is 1. The van der Waals surface area contributed by atoms with Gasteiger partial charge in [-0.1, -0.05) is 0 Å². The molecule has 1 aliphatic heterocycles. The number of rotatable bonds is 5. The van der Waals surface area contributed by atoms with Crippen LogP contribution in [0.3, 0.4) is 0 Å². The number of aliphatic imine (C=N–C) groups is 1. The van der Waals surface area contributed by atoms with Gasteiger partial charge in [0.1, 0.15) is 6.23 Å². The summed E-state index contributed by atoms with van der Waals surface area (Å²) in [6, 6.07) is 0. The Hall–Kier alpha value is -1.47. The number of ether oxygens (including phenoxy) is 1. The molecule has 3 N–H and O–H groups in total. The van der Waals surface area contributed by atoms with Gasteiger partial charge in [-0.05, 0) is 12.8 Å². The predicted molar refractivity (Wildman–Crippen MR) is 59.6 cm³/mol. The minimum absolute atomic E-state index is 0.117. The summed E-state index contributed by atoms with van der Waals surface area (Å²) in [6.45, 7) is -0.117. The van der Waals surface area contributed by atoms with E-state index in [0.717, 1.165) is 11.1 Å². The van der Waals surface area contributed by atoms with Gasteiger partial charge in [-0.2, -0.15) is 0 Å². The van der Waals surface area contributed by atoms with Gasteiger partial charge in [0.15, 0.2) is 11.7 Å². The van der Waals surface area contributed by atoms with Gasteiger partial charge >= 0.3 is 0 Å². The lowest BCUT2D eigenvalue weighted by molar-refractivity contribution is -0.127. The van der Waals surface area contributed by atoms with Crippen molar-refractivity contribution in [1.29, 1.82) is 0 Å². The molecule has 1 heterocycles. The number of carbonyl (C=O) groups is 1. The first kappa shape index (κ1) is 13.6. The van der Waals surface area contributed by atoms with Crippen LogP contribution in [-0.4, -0.2) is 48.2 Å². The van der Waals surface area contributed by atoms with Crippen molar-refractivity contribution in [3.05, 3.63) is 12.0 Å². The SMILES string of the molecule is CN=C(N)/C(F)=C\N(C=O)C1CCC(CO)O1. The Kier molecular flexibility index (Phi) is 5.05. The van der Waals surface area contributed by atoms with Gasteiger partial charge in [0.25, 0.3) is 0 Å². The first-order chi connectivity index (χ1) is 8.12. The molecular formula is C10H16FN3O3. The molecule has 1 saturated heterocycles. The molecule has 96 valence electrons. The monoisotopic (exact) mass is 245 g/mol. The molecule has 0 radical (unpaired) electrons. The van der Waals surface area contributed by atoms with E-state index in [1.54, 1.807) is 0 Å². The van der Waals surface area contributed by atoms with E-state index in [1.165, 1.54) is 7.05 Å². The van der Waals surface area contributed by atoms with Crippen LogP contribution in [0.4, 0.5) is 4.39 Å². The van der Waals surface area contributed by atoms with Crippen LogP contribution in [0.5, 0.6) is 0 Å². The maximum absolute atomic E-state index is 13.4. The summed E-state index contributed by atoms with van der Waals surface area (Å²) in [5, 5.41) is 8.89. The second-order valence-electron chi connectivity index (χ2n) is 3.61. The highest BCUT2D eigenvalue weighted by atomic mass is 19.1. The van der Waals surface area contributed by atoms with Crippen molar-refractivity contribution in [3.63, 3.8) is 0 Å². The van der Waals surface area contributed by atoms with Crippen LogP contribution in [0.25, 0.3) is 0 Å². The van der Waals surface area contributed by atoms with Crippen molar-refractivity contribution in [1.82, 2.24) is 4.90 Å². The zero-order valence-corrected chi connectivity index (χ0v) is 9.54. The first-order valence-electron chi connectivity index (χ1n) is 5.21. The molecule has 17 heavy (non-hydrogen) atoms. The zero-order chi connectivity index (χ0) is 12.8. The first-order valence-corrected chi connectivity index (χ1v) is 5.21. The minimum atomic E-state index is -0.796. The minimum Gasteiger partial charge on any atom is -0.394 e. The third kappa shape index (κ3) is 3.50. The predicted octanol–water partition coefficient (Wildman–Crippen LogP) is -0.260. The summed E-state index contributed by atoms with van der Waals surface area (Å²) in [5.74, 6) is -1.08. The van der Waals surface area contributed by atoms with E-state index in [9.17, 15) is 9.18 Å². The number of halogens is 1. The zero-order valence-electron chi connectivity index (χ0n) is 9.54. The molecule has 0 aromatic carbocycles. The van der Waals surface area contributed by atoms with Gasteiger partial charge in [0.2, 0.25) is 6.41 Å². The van der Waals surface area contributed by atoms with Crippen LogP contribution < -0.4 is 5.73 Å². The maximum atomic E-state index is 13.4. The van der Waals surface area contributed by atoms with Gasteiger partial charge in [-0.25, -0.2) is 4.39 Å². The summed E-state index contributed by atoms with van der Waals surface area (Å²) in [7, 11) is 1.35. The fourth-order valence-corrected chi connectivity index (χ4v) is 1.53. The van der Waals surface area contributed by atoms with Crippen LogP contribution in [0.2, 0.25) is 0 Å². The maximum Gasteiger partial charge on any atom is 0.215 e. The average Bonchev–Trinajstić information content (AvgIpc) is 2.83. The van der Waals surface area contributed by atoms with E-state index in [2.05, 4.69) is 4.99 Å². The number of nitrogens with two attached hydrogens (primary N) is 1. The highest BCUT2D eigenvalue weighted by molar-refractivity contribution is 5.94.